The molecule has 1 fully saturated rings. The number of anilines is 1. The molecule has 3 rings (SSSR count). The number of carbonyl (C=O) groups is 1. The number of ether oxygens (including phenoxy) is 1. The van der Waals surface area contributed by atoms with E-state index in [0.717, 1.165) is 18.9 Å². The van der Waals surface area contributed by atoms with Gasteiger partial charge in [-0.1, -0.05) is 0 Å². The molecule has 2 aromatic rings. The van der Waals surface area contributed by atoms with Gasteiger partial charge >= 0.3 is 0 Å². The highest BCUT2D eigenvalue weighted by Crippen LogP contribution is 2.19. The lowest BCUT2D eigenvalue weighted by Crippen LogP contribution is -2.49. The molecule has 0 atom stereocenters. The van der Waals surface area contributed by atoms with Gasteiger partial charge in [-0.15, -0.1) is 0 Å². The number of aromatic nitrogens is 3. The Bertz CT molecular complexity index is 684. The zero-order chi connectivity index (χ0) is 16.2. The highest BCUT2D eigenvalue weighted by Gasteiger charge is 2.23. The fourth-order valence-electron chi connectivity index (χ4n) is 2.61. The second-order valence-electron chi connectivity index (χ2n) is 5.33. The van der Waals surface area contributed by atoms with E-state index in [1.165, 1.54) is 0 Å². The van der Waals surface area contributed by atoms with Gasteiger partial charge in [0.25, 0.3) is 5.91 Å². The number of amides is 1. The van der Waals surface area contributed by atoms with Gasteiger partial charge in [0.2, 0.25) is 5.88 Å². The minimum Gasteiger partial charge on any atom is -0.481 e. The van der Waals surface area contributed by atoms with E-state index in [1.54, 1.807) is 31.6 Å². The number of aryl methyl sites for hydroxylation is 1. The smallest absolute Gasteiger partial charge is 0.254 e. The normalized spacial score (nSPS) is 14.7. The number of carbonyl (C=O) groups excluding carboxylic acids is 1. The summed E-state index contributed by atoms with van der Waals surface area (Å²) >= 11 is 0. The first-order valence-corrected chi connectivity index (χ1v) is 7.51. The Morgan fingerprint density at radius 3 is 2.48 bits per heavy atom. The average Bonchev–Trinajstić information content (AvgIpc) is 2.61. The summed E-state index contributed by atoms with van der Waals surface area (Å²) in [5.41, 5.74) is 0.674. The van der Waals surface area contributed by atoms with Crippen molar-refractivity contribution in [3.63, 3.8) is 0 Å². The zero-order valence-electron chi connectivity index (χ0n) is 13.3. The maximum Gasteiger partial charge on any atom is 0.254 e. The van der Waals surface area contributed by atoms with Crippen LogP contribution >= 0.6 is 0 Å². The maximum atomic E-state index is 12.4. The minimum atomic E-state index is 0.0449. The number of nitrogens with zero attached hydrogens (tertiary/aromatic N) is 5. The Balaban J connectivity index is 1.67. The lowest BCUT2D eigenvalue weighted by molar-refractivity contribution is 0.0746. The number of hydrogen-bond donors (Lipinski definition) is 0. The van der Waals surface area contributed by atoms with E-state index in [0.29, 0.717) is 30.4 Å². The molecule has 1 amide bonds. The van der Waals surface area contributed by atoms with Crippen LogP contribution in [0.4, 0.5) is 5.82 Å². The van der Waals surface area contributed by atoms with Crippen LogP contribution in [0.5, 0.6) is 5.88 Å². The van der Waals surface area contributed by atoms with E-state index in [2.05, 4.69) is 19.9 Å². The summed E-state index contributed by atoms with van der Waals surface area (Å²) < 4.78 is 5.20. The molecule has 1 saturated heterocycles. The number of pyridine rings is 1. The molecular formula is C16H19N5O2. The summed E-state index contributed by atoms with van der Waals surface area (Å²) in [4.78, 5) is 29.0. The van der Waals surface area contributed by atoms with Crippen molar-refractivity contribution >= 4 is 11.7 Å². The lowest BCUT2D eigenvalue weighted by atomic mass is 10.2. The van der Waals surface area contributed by atoms with Crippen molar-refractivity contribution in [3.05, 3.63) is 42.0 Å². The maximum absolute atomic E-state index is 12.4. The van der Waals surface area contributed by atoms with E-state index in [-0.39, 0.29) is 5.91 Å². The molecule has 1 aliphatic rings. The van der Waals surface area contributed by atoms with Crippen molar-refractivity contribution in [1.82, 2.24) is 19.9 Å². The van der Waals surface area contributed by atoms with Gasteiger partial charge in [0.15, 0.2) is 0 Å². The fourth-order valence-corrected chi connectivity index (χ4v) is 2.61. The number of hydrogen-bond acceptors (Lipinski definition) is 6. The molecule has 0 aliphatic carbocycles. The SMILES string of the molecule is COc1cc(N2CCN(C(=O)c3ccncc3)CC2)nc(C)n1. The monoisotopic (exact) mass is 313 g/mol. The summed E-state index contributed by atoms with van der Waals surface area (Å²) in [5, 5.41) is 0. The van der Waals surface area contributed by atoms with E-state index in [4.69, 9.17) is 4.74 Å². The van der Waals surface area contributed by atoms with Crippen LogP contribution in [-0.4, -0.2) is 59.0 Å². The van der Waals surface area contributed by atoms with Crippen molar-refractivity contribution in [3.8, 4) is 5.88 Å². The predicted octanol–water partition coefficient (Wildman–Crippen LogP) is 1.15. The Hall–Kier alpha value is -2.70. The Labute approximate surface area is 134 Å². The molecule has 120 valence electrons. The second kappa shape index (κ2) is 6.60. The quantitative estimate of drug-likeness (QED) is 0.846. The molecule has 0 aromatic carbocycles. The molecule has 0 spiro atoms. The lowest BCUT2D eigenvalue weighted by Gasteiger charge is -2.35. The van der Waals surface area contributed by atoms with Gasteiger partial charge in [0.05, 0.1) is 7.11 Å². The van der Waals surface area contributed by atoms with E-state index in [1.807, 2.05) is 17.9 Å². The van der Waals surface area contributed by atoms with Gasteiger partial charge in [-0.05, 0) is 19.1 Å². The van der Waals surface area contributed by atoms with Gasteiger partial charge in [0, 0.05) is 50.2 Å². The summed E-state index contributed by atoms with van der Waals surface area (Å²) in [5.74, 6) is 2.12. The van der Waals surface area contributed by atoms with Crippen LogP contribution in [0, 0.1) is 6.92 Å². The number of methoxy groups -OCH3 is 1. The van der Waals surface area contributed by atoms with Gasteiger partial charge in [-0.2, -0.15) is 4.98 Å². The highest BCUT2D eigenvalue weighted by atomic mass is 16.5. The highest BCUT2D eigenvalue weighted by molar-refractivity contribution is 5.94. The Morgan fingerprint density at radius 2 is 1.83 bits per heavy atom. The van der Waals surface area contributed by atoms with Crippen molar-refractivity contribution < 1.29 is 9.53 Å². The largest absolute Gasteiger partial charge is 0.481 e. The molecule has 0 saturated carbocycles. The van der Waals surface area contributed by atoms with Crippen LogP contribution in [0.2, 0.25) is 0 Å². The van der Waals surface area contributed by atoms with Gasteiger partial charge in [0.1, 0.15) is 11.6 Å². The molecule has 1 aliphatic heterocycles. The first-order valence-electron chi connectivity index (χ1n) is 7.51. The van der Waals surface area contributed by atoms with Crippen LogP contribution in [0.15, 0.2) is 30.6 Å². The van der Waals surface area contributed by atoms with Crippen LogP contribution in [0.25, 0.3) is 0 Å². The van der Waals surface area contributed by atoms with E-state index < -0.39 is 0 Å². The Kier molecular flexibility index (Phi) is 4.36. The van der Waals surface area contributed by atoms with Crippen LogP contribution < -0.4 is 9.64 Å². The fraction of sp³-hybridized carbons (Fsp3) is 0.375. The topological polar surface area (TPSA) is 71.5 Å². The third-order valence-corrected chi connectivity index (χ3v) is 3.83. The molecule has 3 heterocycles. The first kappa shape index (κ1) is 15.2. The average molecular weight is 313 g/mol. The molecular weight excluding hydrogens is 294 g/mol. The molecule has 23 heavy (non-hydrogen) atoms. The molecule has 0 unspecified atom stereocenters. The first-order chi connectivity index (χ1) is 11.2. The molecule has 0 N–H and O–H groups in total. The van der Waals surface area contributed by atoms with Crippen molar-refractivity contribution in [2.75, 3.05) is 38.2 Å². The molecule has 7 nitrogen and oxygen atoms in total. The van der Waals surface area contributed by atoms with Crippen molar-refractivity contribution in [2.45, 2.75) is 6.92 Å². The predicted molar refractivity (Wildman–Crippen MR) is 85.7 cm³/mol. The van der Waals surface area contributed by atoms with Gasteiger partial charge in [-0.25, -0.2) is 4.98 Å². The minimum absolute atomic E-state index is 0.0449. The van der Waals surface area contributed by atoms with Crippen LogP contribution in [0.1, 0.15) is 16.2 Å². The van der Waals surface area contributed by atoms with E-state index in [9.17, 15) is 4.79 Å². The summed E-state index contributed by atoms with van der Waals surface area (Å²) in [6.07, 6.45) is 3.28. The molecule has 7 heteroatoms. The van der Waals surface area contributed by atoms with Gasteiger partial charge in [-0.3, -0.25) is 9.78 Å². The van der Waals surface area contributed by atoms with Crippen molar-refractivity contribution in [2.24, 2.45) is 0 Å². The second-order valence-corrected chi connectivity index (χ2v) is 5.33. The standard InChI is InChI=1S/C16H19N5O2/c1-12-18-14(11-15(19-12)23-2)20-7-9-21(10-8-20)16(22)13-3-5-17-6-4-13/h3-6,11H,7-10H2,1-2H3. The molecule has 0 bridgehead atoms. The van der Waals surface area contributed by atoms with Crippen LogP contribution in [0.3, 0.4) is 0 Å². The third kappa shape index (κ3) is 3.39. The molecule has 0 radical (unpaired) electrons. The molecule has 2 aromatic heterocycles. The number of rotatable bonds is 3. The summed E-state index contributed by atoms with van der Waals surface area (Å²) in [6, 6.07) is 5.31. The summed E-state index contributed by atoms with van der Waals surface area (Å²) in [7, 11) is 1.59. The third-order valence-electron chi connectivity index (χ3n) is 3.83. The van der Waals surface area contributed by atoms with E-state index >= 15 is 0 Å². The van der Waals surface area contributed by atoms with Gasteiger partial charge < -0.3 is 14.5 Å². The van der Waals surface area contributed by atoms with Crippen LogP contribution in [-0.2, 0) is 0 Å². The van der Waals surface area contributed by atoms with Crippen molar-refractivity contribution in [1.29, 1.82) is 0 Å². The zero-order valence-corrected chi connectivity index (χ0v) is 13.3. The Morgan fingerprint density at radius 1 is 1.13 bits per heavy atom. The summed E-state index contributed by atoms with van der Waals surface area (Å²) in [6.45, 7) is 4.63. The number of piperazine rings is 1.